The van der Waals surface area contributed by atoms with Gasteiger partial charge in [-0.1, -0.05) is 26.0 Å². The molecular formula is C14H23NO. The van der Waals surface area contributed by atoms with E-state index in [1.807, 2.05) is 13.1 Å². The first kappa shape index (κ1) is 13.0. The van der Waals surface area contributed by atoms with Crippen molar-refractivity contribution in [3.63, 3.8) is 0 Å². The minimum absolute atomic E-state index is 0.678. The van der Waals surface area contributed by atoms with Gasteiger partial charge in [0.2, 0.25) is 0 Å². The summed E-state index contributed by atoms with van der Waals surface area (Å²) in [5.41, 5.74) is 1.35. The molecule has 1 rings (SSSR count). The quantitative estimate of drug-likeness (QED) is 0.797. The van der Waals surface area contributed by atoms with Crippen LogP contribution in [-0.2, 0) is 6.42 Å². The van der Waals surface area contributed by atoms with Crippen LogP contribution in [0, 0.1) is 11.8 Å². The fourth-order valence-electron chi connectivity index (χ4n) is 1.91. The average Bonchev–Trinajstić information content (AvgIpc) is 2.28. The third kappa shape index (κ3) is 3.86. The lowest BCUT2D eigenvalue weighted by Gasteiger charge is -2.20. The Hall–Kier alpha value is -1.02. The van der Waals surface area contributed by atoms with Gasteiger partial charge >= 0.3 is 0 Å². The van der Waals surface area contributed by atoms with Crippen LogP contribution in [0.1, 0.15) is 19.4 Å². The summed E-state index contributed by atoms with van der Waals surface area (Å²) in [6.45, 7) is 5.62. The van der Waals surface area contributed by atoms with Crippen molar-refractivity contribution >= 4 is 0 Å². The summed E-state index contributed by atoms with van der Waals surface area (Å²) in [6, 6.07) is 8.36. The second-order valence-electron chi connectivity index (χ2n) is 4.62. The zero-order valence-corrected chi connectivity index (χ0v) is 10.8. The van der Waals surface area contributed by atoms with E-state index in [1.165, 1.54) is 5.56 Å². The van der Waals surface area contributed by atoms with Gasteiger partial charge in [-0.2, -0.15) is 0 Å². The number of benzene rings is 1. The van der Waals surface area contributed by atoms with Crippen LogP contribution in [0.15, 0.2) is 24.3 Å². The van der Waals surface area contributed by atoms with Gasteiger partial charge < -0.3 is 10.1 Å². The molecule has 0 amide bonds. The molecule has 1 N–H and O–H groups in total. The summed E-state index contributed by atoms with van der Waals surface area (Å²) < 4.78 is 5.24. The van der Waals surface area contributed by atoms with E-state index in [-0.39, 0.29) is 0 Å². The maximum Gasteiger partial charge on any atom is 0.119 e. The second-order valence-corrected chi connectivity index (χ2v) is 4.62. The Balaban J connectivity index is 2.68. The normalized spacial score (nSPS) is 12.8. The maximum atomic E-state index is 5.24. The molecule has 0 aliphatic rings. The molecule has 1 aromatic rings. The molecule has 0 radical (unpaired) electrons. The summed E-state index contributed by atoms with van der Waals surface area (Å²) in [6.07, 6.45) is 1.11. The SMILES string of the molecule is CNCC(Cc1cccc(OC)c1)C(C)C. The second kappa shape index (κ2) is 6.54. The molecule has 1 unspecified atom stereocenters. The highest BCUT2D eigenvalue weighted by atomic mass is 16.5. The fourth-order valence-corrected chi connectivity index (χ4v) is 1.91. The van der Waals surface area contributed by atoms with Crippen molar-refractivity contribution in [3.05, 3.63) is 29.8 Å². The van der Waals surface area contributed by atoms with Crippen LogP contribution < -0.4 is 10.1 Å². The Morgan fingerprint density at radius 3 is 2.62 bits per heavy atom. The molecule has 2 heteroatoms. The number of nitrogens with one attached hydrogen (secondary N) is 1. The zero-order chi connectivity index (χ0) is 12.0. The van der Waals surface area contributed by atoms with E-state index in [2.05, 4.69) is 37.4 Å². The average molecular weight is 221 g/mol. The van der Waals surface area contributed by atoms with Crippen molar-refractivity contribution in [2.75, 3.05) is 20.7 Å². The van der Waals surface area contributed by atoms with Crippen LogP contribution >= 0.6 is 0 Å². The predicted molar refractivity (Wildman–Crippen MR) is 69.0 cm³/mol. The van der Waals surface area contributed by atoms with Crippen molar-refractivity contribution in [1.29, 1.82) is 0 Å². The maximum absolute atomic E-state index is 5.24. The highest BCUT2D eigenvalue weighted by Crippen LogP contribution is 2.19. The minimum Gasteiger partial charge on any atom is -0.497 e. The molecule has 90 valence electrons. The summed E-state index contributed by atoms with van der Waals surface area (Å²) in [5, 5.41) is 3.27. The van der Waals surface area contributed by atoms with Gasteiger partial charge in [0.25, 0.3) is 0 Å². The van der Waals surface area contributed by atoms with Gasteiger partial charge in [0.05, 0.1) is 7.11 Å². The van der Waals surface area contributed by atoms with Gasteiger partial charge in [-0.15, -0.1) is 0 Å². The van der Waals surface area contributed by atoms with Crippen LogP contribution in [0.3, 0.4) is 0 Å². The molecular weight excluding hydrogens is 198 g/mol. The van der Waals surface area contributed by atoms with Crippen LogP contribution in [0.2, 0.25) is 0 Å². The topological polar surface area (TPSA) is 21.3 Å². The molecule has 1 aromatic carbocycles. The number of methoxy groups -OCH3 is 1. The van der Waals surface area contributed by atoms with Crippen LogP contribution in [0.4, 0.5) is 0 Å². The third-order valence-electron chi connectivity index (χ3n) is 3.04. The van der Waals surface area contributed by atoms with Gasteiger partial charge in [-0.05, 0) is 49.5 Å². The Bertz CT molecular complexity index is 309. The minimum atomic E-state index is 0.678. The van der Waals surface area contributed by atoms with E-state index < -0.39 is 0 Å². The van der Waals surface area contributed by atoms with E-state index in [1.54, 1.807) is 7.11 Å². The standard InChI is InChI=1S/C14H23NO/c1-11(2)13(10-15-3)8-12-6-5-7-14(9-12)16-4/h5-7,9,11,13,15H,8,10H2,1-4H3. The largest absolute Gasteiger partial charge is 0.497 e. The van der Waals surface area contributed by atoms with Crippen LogP contribution in [0.5, 0.6) is 5.75 Å². The lowest BCUT2D eigenvalue weighted by atomic mass is 9.89. The van der Waals surface area contributed by atoms with Gasteiger partial charge in [-0.25, -0.2) is 0 Å². The van der Waals surface area contributed by atoms with Gasteiger partial charge in [0, 0.05) is 0 Å². The monoisotopic (exact) mass is 221 g/mol. The first-order chi connectivity index (χ1) is 7.67. The van der Waals surface area contributed by atoms with E-state index in [0.717, 1.165) is 18.7 Å². The Morgan fingerprint density at radius 1 is 1.31 bits per heavy atom. The summed E-state index contributed by atoms with van der Waals surface area (Å²) >= 11 is 0. The smallest absolute Gasteiger partial charge is 0.119 e. The number of hydrogen-bond acceptors (Lipinski definition) is 2. The number of rotatable bonds is 6. The molecule has 1 atom stereocenters. The van der Waals surface area contributed by atoms with Gasteiger partial charge in [-0.3, -0.25) is 0 Å². The first-order valence-corrected chi connectivity index (χ1v) is 5.95. The van der Waals surface area contributed by atoms with Gasteiger partial charge in [0.15, 0.2) is 0 Å². The Morgan fingerprint density at radius 2 is 2.06 bits per heavy atom. The molecule has 0 saturated heterocycles. The molecule has 0 spiro atoms. The summed E-state index contributed by atoms with van der Waals surface area (Å²) in [5.74, 6) is 2.32. The van der Waals surface area contributed by atoms with Crippen molar-refractivity contribution in [1.82, 2.24) is 5.32 Å². The van der Waals surface area contributed by atoms with E-state index in [0.29, 0.717) is 11.8 Å². The summed E-state index contributed by atoms with van der Waals surface area (Å²) in [4.78, 5) is 0. The van der Waals surface area contributed by atoms with E-state index >= 15 is 0 Å². The molecule has 0 fully saturated rings. The van der Waals surface area contributed by atoms with Crippen molar-refractivity contribution < 1.29 is 4.74 Å². The first-order valence-electron chi connectivity index (χ1n) is 5.95. The lowest BCUT2D eigenvalue weighted by molar-refractivity contribution is 0.369. The lowest BCUT2D eigenvalue weighted by Crippen LogP contribution is -2.25. The number of ether oxygens (including phenoxy) is 1. The molecule has 0 aliphatic heterocycles. The van der Waals surface area contributed by atoms with E-state index in [9.17, 15) is 0 Å². The predicted octanol–water partition coefficient (Wildman–Crippen LogP) is 2.73. The van der Waals surface area contributed by atoms with Crippen LogP contribution in [-0.4, -0.2) is 20.7 Å². The molecule has 0 aliphatic carbocycles. The highest BCUT2D eigenvalue weighted by Gasteiger charge is 2.13. The Kier molecular flexibility index (Phi) is 5.33. The highest BCUT2D eigenvalue weighted by molar-refractivity contribution is 5.28. The van der Waals surface area contributed by atoms with Crippen molar-refractivity contribution in [3.8, 4) is 5.75 Å². The molecule has 0 aromatic heterocycles. The third-order valence-corrected chi connectivity index (χ3v) is 3.04. The Labute approximate surface area is 99.0 Å². The molecule has 0 heterocycles. The molecule has 0 saturated carbocycles. The molecule has 2 nitrogen and oxygen atoms in total. The molecule has 0 bridgehead atoms. The zero-order valence-electron chi connectivity index (χ0n) is 10.8. The number of hydrogen-bond donors (Lipinski definition) is 1. The van der Waals surface area contributed by atoms with Crippen LogP contribution in [0.25, 0.3) is 0 Å². The van der Waals surface area contributed by atoms with Crippen molar-refractivity contribution in [2.24, 2.45) is 11.8 Å². The van der Waals surface area contributed by atoms with Crippen molar-refractivity contribution in [2.45, 2.75) is 20.3 Å². The molecule has 16 heavy (non-hydrogen) atoms. The van der Waals surface area contributed by atoms with Gasteiger partial charge in [0.1, 0.15) is 5.75 Å². The van der Waals surface area contributed by atoms with E-state index in [4.69, 9.17) is 4.74 Å². The summed E-state index contributed by atoms with van der Waals surface area (Å²) in [7, 11) is 3.73. The fraction of sp³-hybridized carbons (Fsp3) is 0.571.